The quantitative estimate of drug-likeness (QED) is 0.481. The maximum Gasteiger partial charge on any atom is 0.224 e. The molecule has 0 saturated carbocycles. The molecule has 0 bridgehead atoms. The van der Waals surface area contributed by atoms with E-state index >= 15 is 0 Å². The van der Waals surface area contributed by atoms with Crippen molar-refractivity contribution < 1.29 is 9.21 Å². The molecule has 5 heteroatoms. The summed E-state index contributed by atoms with van der Waals surface area (Å²) in [6.45, 7) is 3.89. The Bertz CT molecular complexity index is 622. The molecular weight excluding hydrogens is 284 g/mol. The lowest BCUT2D eigenvalue weighted by Gasteiger charge is -2.09. The van der Waals surface area contributed by atoms with Crippen LogP contribution in [0.2, 0.25) is 0 Å². The van der Waals surface area contributed by atoms with Crippen molar-refractivity contribution in [1.82, 2.24) is 0 Å². The van der Waals surface area contributed by atoms with Crippen molar-refractivity contribution in [2.45, 2.75) is 31.6 Å². The summed E-state index contributed by atoms with van der Waals surface area (Å²) in [6.07, 6.45) is 3.01. The molecule has 21 heavy (non-hydrogen) atoms. The van der Waals surface area contributed by atoms with Crippen LogP contribution in [0.5, 0.6) is 0 Å². The van der Waals surface area contributed by atoms with E-state index in [1.807, 2.05) is 32.0 Å². The molecule has 2 rings (SSSR count). The van der Waals surface area contributed by atoms with Gasteiger partial charge in [0.05, 0.1) is 6.26 Å². The molecule has 0 fully saturated rings. The number of carbonyl (C=O) groups is 1. The number of anilines is 2. The van der Waals surface area contributed by atoms with Gasteiger partial charge in [0.15, 0.2) is 0 Å². The summed E-state index contributed by atoms with van der Waals surface area (Å²) in [7, 11) is 0. The molecule has 0 aliphatic carbocycles. The summed E-state index contributed by atoms with van der Waals surface area (Å²) in [4.78, 5) is 13.1. The maximum atomic E-state index is 11.9. The first-order chi connectivity index (χ1) is 10.1. The third kappa shape index (κ3) is 4.56. The molecule has 4 nitrogen and oxygen atoms in total. The summed E-state index contributed by atoms with van der Waals surface area (Å²) in [5, 5.41) is 2.91. The van der Waals surface area contributed by atoms with Crippen molar-refractivity contribution in [3.05, 3.63) is 41.9 Å². The second-order valence-corrected chi connectivity index (χ2v) is 6.05. The smallest absolute Gasteiger partial charge is 0.224 e. The standard InChI is InChI=1S/C16H20N2O2S/c1-11-5-6-13(17)10-14(11)18-16(19)4-3-9-21-15-7-8-20-12(15)2/h5-8,10H,3-4,9,17H2,1-2H3,(H,18,19). The van der Waals surface area contributed by atoms with Crippen LogP contribution in [0, 0.1) is 13.8 Å². The van der Waals surface area contributed by atoms with E-state index in [2.05, 4.69) is 5.32 Å². The molecule has 0 atom stereocenters. The van der Waals surface area contributed by atoms with E-state index in [0.717, 1.165) is 34.1 Å². The highest BCUT2D eigenvalue weighted by Crippen LogP contribution is 2.24. The number of benzene rings is 1. The van der Waals surface area contributed by atoms with Crippen LogP contribution in [0.1, 0.15) is 24.2 Å². The Hall–Kier alpha value is -1.88. The maximum absolute atomic E-state index is 11.9. The third-order valence-corrected chi connectivity index (χ3v) is 4.38. The number of thioether (sulfide) groups is 1. The Kier molecular flexibility index (Phi) is 5.33. The van der Waals surface area contributed by atoms with Crippen molar-refractivity contribution in [1.29, 1.82) is 0 Å². The van der Waals surface area contributed by atoms with Crippen molar-refractivity contribution >= 4 is 29.0 Å². The molecule has 112 valence electrons. The van der Waals surface area contributed by atoms with E-state index < -0.39 is 0 Å². The van der Waals surface area contributed by atoms with Crippen LogP contribution < -0.4 is 11.1 Å². The second-order valence-electron chi connectivity index (χ2n) is 4.92. The minimum atomic E-state index is 0.0215. The predicted octanol–water partition coefficient (Wildman–Crippen LogP) is 3.99. The molecular formula is C16H20N2O2S. The van der Waals surface area contributed by atoms with Crippen LogP contribution in [0.25, 0.3) is 0 Å². The summed E-state index contributed by atoms with van der Waals surface area (Å²) in [5.74, 6) is 1.84. The Morgan fingerprint density at radius 1 is 1.33 bits per heavy atom. The largest absolute Gasteiger partial charge is 0.468 e. The summed E-state index contributed by atoms with van der Waals surface area (Å²) < 4.78 is 5.23. The number of nitrogens with one attached hydrogen (secondary N) is 1. The van der Waals surface area contributed by atoms with Crippen molar-refractivity contribution in [2.75, 3.05) is 16.8 Å². The first kappa shape index (κ1) is 15.5. The normalized spacial score (nSPS) is 10.6. The Balaban J connectivity index is 1.75. The van der Waals surface area contributed by atoms with Gasteiger partial charge in [-0.15, -0.1) is 11.8 Å². The van der Waals surface area contributed by atoms with Crippen molar-refractivity contribution in [3.8, 4) is 0 Å². The summed E-state index contributed by atoms with van der Waals surface area (Å²) in [5.41, 5.74) is 8.19. The molecule has 1 heterocycles. The van der Waals surface area contributed by atoms with Gasteiger partial charge in [-0.1, -0.05) is 6.07 Å². The first-order valence-corrected chi connectivity index (χ1v) is 7.87. The van der Waals surface area contributed by atoms with E-state index in [-0.39, 0.29) is 5.91 Å². The van der Waals surface area contributed by atoms with Crippen LogP contribution in [-0.2, 0) is 4.79 Å². The molecule has 0 aliphatic heterocycles. The predicted molar refractivity (Wildman–Crippen MR) is 87.6 cm³/mol. The van der Waals surface area contributed by atoms with Gasteiger partial charge in [0.25, 0.3) is 0 Å². The number of nitrogen functional groups attached to an aromatic ring is 1. The Labute approximate surface area is 129 Å². The fourth-order valence-corrected chi connectivity index (χ4v) is 2.84. The molecule has 0 spiro atoms. The Morgan fingerprint density at radius 2 is 2.14 bits per heavy atom. The van der Waals surface area contributed by atoms with E-state index in [4.69, 9.17) is 10.2 Å². The lowest BCUT2D eigenvalue weighted by atomic mass is 10.1. The SMILES string of the molecule is Cc1ccc(N)cc1NC(=O)CCCSc1ccoc1C. The molecule has 0 unspecified atom stereocenters. The van der Waals surface area contributed by atoms with E-state index in [0.29, 0.717) is 12.1 Å². The average molecular weight is 304 g/mol. The molecule has 3 N–H and O–H groups in total. The van der Waals surface area contributed by atoms with Gasteiger partial charge in [-0.3, -0.25) is 4.79 Å². The highest BCUT2D eigenvalue weighted by molar-refractivity contribution is 7.99. The van der Waals surface area contributed by atoms with Gasteiger partial charge in [-0.25, -0.2) is 0 Å². The molecule has 1 aromatic carbocycles. The third-order valence-electron chi connectivity index (χ3n) is 3.15. The topological polar surface area (TPSA) is 68.3 Å². The second kappa shape index (κ2) is 7.22. The van der Waals surface area contributed by atoms with Crippen LogP contribution in [0.4, 0.5) is 11.4 Å². The van der Waals surface area contributed by atoms with Crippen LogP contribution in [0.3, 0.4) is 0 Å². The number of nitrogens with two attached hydrogens (primary N) is 1. The molecule has 1 aromatic heterocycles. The fourth-order valence-electron chi connectivity index (χ4n) is 1.92. The van der Waals surface area contributed by atoms with Crippen LogP contribution >= 0.6 is 11.8 Å². The number of furan rings is 1. The summed E-state index contributed by atoms with van der Waals surface area (Å²) >= 11 is 1.71. The minimum absolute atomic E-state index is 0.0215. The monoisotopic (exact) mass is 304 g/mol. The summed E-state index contributed by atoms with van der Waals surface area (Å²) in [6, 6.07) is 7.48. The number of hydrogen-bond donors (Lipinski definition) is 2. The van der Waals surface area contributed by atoms with E-state index in [9.17, 15) is 4.79 Å². The lowest BCUT2D eigenvalue weighted by Crippen LogP contribution is -2.12. The molecule has 0 aliphatic rings. The van der Waals surface area contributed by atoms with Gasteiger partial charge in [0.2, 0.25) is 5.91 Å². The lowest BCUT2D eigenvalue weighted by molar-refractivity contribution is -0.116. The molecule has 1 amide bonds. The molecule has 2 aromatic rings. The zero-order chi connectivity index (χ0) is 15.2. The van der Waals surface area contributed by atoms with Gasteiger partial charge in [-0.2, -0.15) is 0 Å². The number of amides is 1. The van der Waals surface area contributed by atoms with Crippen molar-refractivity contribution in [2.24, 2.45) is 0 Å². The highest BCUT2D eigenvalue weighted by Gasteiger charge is 2.06. The zero-order valence-corrected chi connectivity index (χ0v) is 13.1. The van der Waals surface area contributed by atoms with Gasteiger partial charge >= 0.3 is 0 Å². The highest BCUT2D eigenvalue weighted by atomic mass is 32.2. The number of aryl methyl sites for hydroxylation is 2. The van der Waals surface area contributed by atoms with Gasteiger partial charge < -0.3 is 15.5 Å². The first-order valence-electron chi connectivity index (χ1n) is 6.89. The molecule has 0 saturated heterocycles. The number of carbonyl (C=O) groups excluding carboxylic acids is 1. The zero-order valence-electron chi connectivity index (χ0n) is 12.3. The molecule has 0 radical (unpaired) electrons. The Morgan fingerprint density at radius 3 is 2.86 bits per heavy atom. The van der Waals surface area contributed by atoms with Gasteiger partial charge in [0.1, 0.15) is 5.76 Å². The fraction of sp³-hybridized carbons (Fsp3) is 0.312. The van der Waals surface area contributed by atoms with Crippen LogP contribution in [-0.4, -0.2) is 11.7 Å². The van der Waals surface area contributed by atoms with Gasteiger partial charge in [-0.05, 0) is 49.8 Å². The van der Waals surface area contributed by atoms with Crippen LogP contribution in [0.15, 0.2) is 39.8 Å². The average Bonchev–Trinajstić information content (AvgIpc) is 2.84. The van der Waals surface area contributed by atoms with Gasteiger partial charge in [0, 0.05) is 22.7 Å². The number of rotatable bonds is 6. The van der Waals surface area contributed by atoms with E-state index in [1.165, 1.54) is 0 Å². The van der Waals surface area contributed by atoms with Crippen molar-refractivity contribution in [3.63, 3.8) is 0 Å². The van der Waals surface area contributed by atoms with E-state index in [1.54, 1.807) is 24.1 Å². The number of hydrogen-bond acceptors (Lipinski definition) is 4. The minimum Gasteiger partial charge on any atom is -0.468 e.